The summed E-state index contributed by atoms with van der Waals surface area (Å²) >= 11 is 0. The van der Waals surface area contributed by atoms with E-state index in [9.17, 15) is 13.2 Å². The van der Waals surface area contributed by atoms with Gasteiger partial charge in [0.1, 0.15) is 9.84 Å². The van der Waals surface area contributed by atoms with Gasteiger partial charge in [0.15, 0.2) is 5.78 Å². The first-order valence-corrected chi connectivity index (χ1v) is 7.57. The normalized spacial score (nSPS) is 11.4. The highest BCUT2D eigenvalue weighted by Crippen LogP contribution is 2.08. The zero-order valence-electron chi connectivity index (χ0n) is 10.3. The highest BCUT2D eigenvalue weighted by molar-refractivity contribution is 7.91. The Kier molecular flexibility index (Phi) is 4.87. The van der Waals surface area contributed by atoms with Crippen LogP contribution < -0.4 is 0 Å². The first-order chi connectivity index (χ1) is 7.94. The van der Waals surface area contributed by atoms with E-state index in [2.05, 4.69) is 0 Å². The van der Waals surface area contributed by atoms with Crippen LogP contribution in [0.15, 0.2) is 24.3 Å². The Morgan fingerprint density at radius 3 is 2.29 bits per heavy atom. The largest absolute Gasteiger partial charge is 0.294 e. The first-order valence-electron chi connectivity index (χ1n) is 5.75. The molecule has 17 heavy (non-hydrogen) atoms. The van der Waals surface area contributed by atoms with E-state index < -0.39 is 9.84 Å². The summed E-state index contributed by atoms with van der Waals surface area (Å²) in [5, 5.41) is 0. The van der Waals surface area contributed by atoms with Gasteiger partial charge in [-0.2, -0.15) is 0 Å². The van der Waals surface area contributed by atoms with Crippen LogP contribution in [-0.4, -0.2) is 25.7 Å². The summed E-state index contributed by atoms with van der Waals surface area (Å²) < 4.78 is 22.5. The number of sulfone groups is 1. The fourth-order valence-corrected chi connectivity index (χ4v) is 2.35. The van der Waals surface area contributed by atoms with E-state index in [1.807, 2.05) is 19.1 Å². The summed E-state index contributed by atoms with van der Waals surface area (Å²) in [4.78, 5) is 11.7. The van der Waals surface area contributed by atoms with Crippen molar-refractivity contribution in [3.05, 3.63) is 35.4 Å². The molecule has 0 fully saturated rings. The summed E-state index contributed by atoms with van der Waals surface area (Å²) in [5.74, 6) is 0.253. The average molecular weight is 254 g/mol. The lowest BCUT2D eigenvalue weighted by Crippen LogP contribution is -2.10. The lowest BCUT2D eigenvalue weighted by molar-refractivity contribution is 0.0982. The molecule has 0 amide bonds. The van der Waals surface area contributed by atoms with Crippen molar-refractivity contribution in [3.63, 3.8) is 0 Å². The van der Waals surface area contributed by atoms with E-state index in [1.165, 1.54) is 0 Å². The molecule has 1 rings (SSSR count). The Bertz CT molecular complexity index is 472. The molecule has 0 aromatic heterocycles. The van der Waals surface area contributed by atoms with E-state index >= 15 is 0 Å². The standard InChI is InChI=1S/C13H18O3S/c1-3-17(15,16)10-4-5-13(14)12-8-6-11(2)7-9-12/h6-9H,3-5,10H2,1-2H3. The molecule has 0 spiro atoms. The van der Waals surface area contributed by atoms with Gasteiger partial charge in [0.25, 0.3) is 0 Å². The molecule has 0 atom stereocenters. The van der Waals surface area contributed by atoms with Gasteiger partial charge in [-0.05, 0) is 13.3 Å². The smallest absolute Gasteiger partial charge is 0.162 e. The Labute approximate surface area is 103 Å². The quantitative estimate of drug-likeness (QED) is 0.732. The number of ketones is 1. The SMILES string of the molecule is CCS(=O)(=O)CCCC(=O)c1ccc(C)cc1. The average Bonchev–Trinajstić information content (AvgIpc) is 2.29. The summed E-state index contributed by atoms with van der Waals surface area (Å²) in [6, 6.07) is 7.34. The minimum Gasteiger partial charge on any atom is -0.294 e. The summed E-state index contributed by atoms with van der Waals surface area (Å²) in [7, 11) is -2.96. The van der Waals surface area contributed by atoms with Gasteiger partial charge in [0.2, 0.25) is 0 Å². The number of aryl methyl sites for hydroxylation is 1. The molecule has 1 aromatic rings. The Balaban J connectivity index is 2.48. The van der Waals surface area contributed by atoms with Crippen molar-refractivity contribution < 1.29 is 13.2 Å². The molecule has 0 aliphatic rings. The number of carbonyl (C=O) groups excluding carboxylic acids is 1. The monoisotopic (exact) mass is 254 g/mol. The van der Waals surface area contributed by atoms with Crippen molar-refractivity contribution in [3.8, 4) is 0 Å². The molecule has 0 saturated heterocycles. The van der Waals surface area contributed by atoms with Crippen LogP contribution >= 0.6 is 0 Å². The maximum absolute atomic E-state index is 11.7. The zero-order chi connectivity index (χ0) is 12.9. The molecule has 1 aromatic carbocycles. The molecule has 0 radical (unpaired) electrons. The third-order valence-corrected chi connectivity index (χ3v) is 4.46. The van der Waals surface area contributed by atoms with Gasteiger partial charge < -0.3 is 0 Å². The lowest BCUT2D eigenvalue weighted by atomic mass is 10.1. The molecule has 0 heterocycles. The van der Waals surface area contributed by atoms with Gasteiger partial charge in [0, 0.05) is 17.7 Å². The van der Waals surface area contributed by atoms with Crippen LogP contribution in [0.3, 0.4) is 0 Å². The second-order valence-electron chi connectivity index (χ2n) is 4.13. The van der Waals surface area contributed by atoms with Crippen molar-refractivity contribution in [2.75, 3.05) is 11.5 Å². The van der Waals surface area contributed by atoms with Crippen molar-refractivity contribution in [2.45, 2.75) is 26.7 Å². The zero-order valence-corrected chi connectivity index (χ0v) is 11.1. The highest BCUT2D eigenvalue weighted by Gasteiger charge is 2.10. The third kappa shape index (κ3) is 4.69. The number of benzene rings is 1. The molecule has 4 heteroatoms. The van der Waals surface area contributed by atoms with Crippen LogP contribution in [0.4, 0.5) is 0 Å². The Morgan fingerprint density at radius 2 is 1.76 bits per heavy atom. The highest BCUT2D eigenvalue weighted by atomic mass is 32.2. The minimum atomic E-state index is -2.96. The molecule has 3 nitrogen and oxygen atoms in total. The minimum absolute atomic E-state index is 0.0105. The van der Waals surface area contributed by atoms with E-state index in [1.54, 1.807) is 19.1 Å². The van der Waals surface area contributed by atoms with Gasteiger partial charge in [-0.15, -0.1) is 0 Å². The predicted molar refractivity (Wildman–Crippen MR) is 69.1 cm³/mol. The Morgan fingerprint density at radius 1 is 1.18 bits per heavy atom. The fourth-order valence-electron chi connectivity index (χ4n) is 1.48. The second-order valence-corrected chi connectivity index (χ2v) is 6.60. The number of rotatable bonds is 6. The van der Waals surface area contributed by atoms with Crippen molar-refractivity contribution in [1.82, 2.24) is 0 Å². The van der Waals surface area contributed by atoms with E-state index in [4.69, 9.17) is 0 Å². The summed E-state index contributed by atoms with van der Waals surface area (Å²) in [5.41, 5.74) is 1.76. The van der Waals surface area contributed by atoms with Crippen LogP contribution in [0, 0.1) is 6.92 Å². The Hall–Kier alpha value is -1.16. The van der Waals surface area contributed by atoms with Gasteiger partial charge >= 0.3 is 0 Å². The summed E-state index contributed by atoms with van der Waals surface area (Å²) in [6.07, 6.45) is 0.700. The number of carbonyl (C=O) groups is 1. The van der Waals surface area contributed by atoms with E-state index in [0.29, 0.717) is 18.4 Å². The van der Waals surface area contributed by atoms with Gasteiger partial charge in [-0.25, -0.2) is 8.42 Å². The fraction of sp³-hybridized carbons (Fsp3) is 0.462. The van der Waals surface area contributed by atoms with Crippen LogP contribution in [0.2, 0.25) is 0 Å². The summed E-state index contributed by atoms with van der Waals surface area (Å²) in [6.45, 7) is 3.58. The number of Topliss-reactive ketones (excluding diaryl/α,β-unsaturated/α-hetero) is 1. The molecular formula is C13H18O3S. The second kappa shape index (κ2) is 5.96. The van der Waals surface area contributed by atoms with Gasteiger partial charge in [-0.3, -0.25) is 4.79 Å². The van der Waals surface area contributed by atoms with E-state index in [0.717, 1.165) is 5.56 Å². The molecule has 0 saturated carbocycles. The molecule has 0 aliphatic carbocycles. The molecular weight excluding hydrogens is 236 g/mol. The van der Waals surface area contributed by atoms with Crippen molar-refractivity contribution in [2.24, 2.45) is 0 Å². The van der Waals surface area contributed by atoms with Gasteiger partial charge in [-0.1, -0.05) is 36.8 Å². The predicted octanol–water partition coefficient (Wildman–Crippen LogP) is 2.39. The number of hydrogen-bond donors (Lipinski definition) is 0. The van der Waals surface area contributed by atoms with Crippen molar-refractivity contribution in [1.29, 1.82) is 0 Å². The maximum atomic E-state index is 11.7. The molecule has 0 bridgehead atoms. The first kappa shape index (κ1) is 13.9. The molecule has 94 valence electrons. The molecule has 0 N–H and O–H groups in total. The number of hydrogen-bond acceptors (Lipinski definition) is 3. The van der Waals surface area contributed by atoms with Crippen LogP contribution in [0.5, 0.6) is 0 Å². The van der Waals surface area contributed by atoms with Crippen molar-refractivity contribution >= 4 is 15.6 Å². The third-order valence-electron chi connectivity index (χ3n) is 2.67. The van der Waals surface area contributed by atoms with Crippen LogP contribution in [0.1, 0.15) is 35.7 Å². The van der Waals surface area contributed by atoms with Crippen LogP contribution in [0.25, 0.3) is 0 Å². The lowest BCUT2D eigenvalue weighted by Gasteiger charge is -2.02. The van der Waals surface area contributed by atoms with Gasteiger partial charge in [0.05, 0.1) is 5.75 Å². The topological polar surface area (TPSA) is 51.2 Å². The van der Waals surface area contributed by atoms with E-state index in [-0.39, 0.29) is 17.3 Å². The maximum Gasteiger partial charge on any atom is 0.162 e. The molecule has 0 aliphatic heterocycles. The molecule has 0 unspecified atom stereocenters. The van der Waals surface area contributed by atoms with Crippen LogP contribution in [-0.2, 0) is 9.84 Å².